The molecule has 0 N–H and O–H groups in total. The molecule has 0 aliphatic carbocycles. The van der Waals surface area contributed by atoms with Crippen LogP contribution in [0.1, 0.15) is 230 Å². The van der Waals surface area contributed by atoms with Crippen molar-refractivity contribution < 1.29 is 25.9 Å². The van der Waals surface area contributed by atoms with Crippen LogP contribution in [0.3, 0.4) is 0 Å². The monoisotopic (exact) mass is 959 g/mol. The van der Waals surface area contributed by atoms with E-state index >= 15 is 0 Å². The second kappa shape index (κ2) is 34.7. The van der Waals surface area contributed by atoms with Gasteiger partial charge in [0.1, 0.15) is 20.2 Å². The van der Waals surface area contributed by atoms with Crippen molar-refractivity contribution >= 4 is 79.5 Å². The summed E-state index contributed by atoms with van der Waals surface area (Å²) in [6.07, 6.45) is 38.1. The van der Waals surface area contributed by atoms with Gasteiger partial charge in [0.05, 0.1) is 9.79 Å². The Morgan fingerprint density at radius 3 is 0.831 bits per heavy atom. The van der Waals surface area contributed by atoms with Crippen molar-refractivity contribution in [2.24, 2.45) is 0 Å². The molecule has 0 saturated heterocycles. The normalized spacial score (nSPS) is 11.8. The first-order chi connectivity index (χ1) is 30.9. The largest absolute Gasteiger partial charge is 2.00 e. The van der Waals surface area contributed by atoms with Crippen LogP contribution in [-0.2, 0) is 45.9 Å². The summed E-state index contributed by atoms with van der Waals surface area (Å²) < 4.78 is 72.1. The molecule has 0 aliphatic rings. The first kappa shape index (κ1) is 59.6. The predicted octanol–water partition coefficient (Wildman–Crippen LogP) is 16.3. The molecule has 0 aromatic heterocycles. The maximum atomic E-state index is 12.0. The van der Waals surface area contributed by atoms with Crippen LogP contribution >= 0.6 is 0 Å². The molecule has 0 radical (unpaired) electrons. The van der Waals surface area contributed by atoms with E-state index in [1.165, 1.54) is 141 Å². The Kier molecular flexibility index (Phi) is 31.8. The van der Waals surface area contributed by atoms with Crippen LogP contribution in [0, 0.1) is 0 Å². The molecule has 4 aromatic rings. The van der Waals surface area contributed by atoms with Crippen molar-refractivity contribution in [3.8, 4) is 0 Å². The molecule has 0 aliphatic heterocycles. The van der Waals surface area contributed by atoms with E-state index in [0.717, 1.165) is 97.2 Å². The fraction of sp³-hybridized carbons (Fsp3) is 0.643. The van der Waals surface area contributed by atoms with Gasteiger partial charge in [-0.1, -0.05) is 218 Å². The fourth-order valence-electron chi connectivity index (χ4n) is 9.02. The van der Waals surface area contributed by atoms with Crippen molar-refractivity contribution in [3.63, 3.8) is 0 Å². The fourth-order valence-corrected chi connectivity index (χ4v) is 10.5. The van der Waals surface area contributed by atoms with Crippen LogP contribution < -0.4 is 0 Å². The minimum absolute atomic E-state index is 0. The van der Waals surface area contributed by atoms with Gasteiger partial charge in [-0.2, -0.15) is 0 Å². The quantitative estimate of drug-likeness (QED) is 0.0262. The van der Waals surface area contributed by atoms with E-state index in [0.29, 0.717) is 10.8 Å². The third-order valence-corrected chi connectivity index (χ3v) is 14.6. The van der Waals surface area contributed by atoms with Gasteiger partial charge in [-0.25, -0.2) is 16.8 Å². The number of unbranched alkanes of at least 4 members (excludes halogenated alkanes) is 24. The first-order valence-electron chi connectivity index (χ1n) is 25.9. The zero-order chi connectivity index (χ0) is 46.5. The van der Waals surface area contributed by atoms with E-state index in [9.17, 15) is 25.9 Å². The van der Waals surface area contributed by atoms with Gasteiger partial charge in [-0.3, -0.25) is 0 Å². The van der Waals surface area contributed by atoms with Crippen molar-refractivity contribution in [2.75, 3.05) is 0 Å². The van der Waals surface area contributed by atoms with E-state index in [-0.39, 0.29) is 47.5 Å². The molecule has 0 amide bonds. The molecule has 4 rings (SSSR count). The summed E-state index contributed by atoms with van der Waals surface area (Å²) in [5.41, 5.74) is 4.16. The first-order valence-corrected chi connectivity index (χ1v) is 28.8. The Balaban J connectivity index is 0.000000440. The number of aryl methyl sites for hydroxylation is 4. The summed E-state index contributed by atoms with van der Waals surface area (Å²) in [7, 11) is -9.00. The molecule has 0 heterocycles. The predicted molar refractivity (Wildman–Crippen MR) is 276 cm³/mol. The molecule has 0 bridgehead atoms. The van der Waals surface area contributed by atoms with Gasteiger partial charge in [0.2, 0.25) is 0 Å². The van der Waals surface area contributed by atoms with Gasteiger partial charge < -0.3 is 9.11 Å². The van der Waals surface area contributed by atoms with E-state index in [2.05, 4.69) is 52.0 Å². The zero-order valence-electron chi connectivity index (χ0n) is 41.4. The van der Waals surface area contributed by atoms with E-state index < -0.39 is 20.2 Å². The van der Waals surface area contributed by atoms with Crippen LogP contribution in [0.15, 0.2) is 70.5 Å². The minimum atomic E-state index is -4.50. The van der Waals surface area contributed by atoms with Gasteiger partial charge in [0.25, 0.3) is 0 Å². The Morgan fingerprint density at radius 2 is 0.569 bits per heavy atom. The molecule has 0 atom stereocenters. The SMILES string of the molecule is CCCCCCCCCc1cc(S(=O)(=O)[O-])c2cc(CCCCCCCCC)ccc2c1.CCCCCCCCCc1cc(S(=O)(=O)[O-])c2cc(CCCCCCCCC)ccc2c1.[Ca+2]. The van der Waals surface area contributed by atoms with Crippen molar-refractivity contribution in [1.29, 1.82) is 0 Å². The Bertz CT molecular complexity index is 1960. The van der Waals surface area contributed by atoms with Gasteiger partial charge in [0, 0.05) is 0 Å². The zero-order valence-corrected chi connectivity index (χ0v) is 45.2. The number of benzene rings is 4. The molecular weight excluding hydrogens is 873 g/mol. The molecule has 0 unspecified atom stereocenters. The van der Waals surface area contributed by atoms with Gasteiger partial charge in [0.15, 0.2) is 0 Å². The molecular formula is C56H86CaO6S2. The molecule has 0 saturated carbocycles. The van der Waals surface area contributed by atoms with Crippen LogP contribution in [0.4, 0.5) is 0 Å². The molecule has 4 aromatic carbocycles. The van der Waals surface area contributed by atoms with E-state index in [1.54, 1.807) is 12.1 Å². The summed E-state index contributed by atoms with van der Waals surface area (Å²) >= 11 is 0. The number of hydrogen-bond donors (Lipinski definition) is 0. The molecule has 360 valence electrons. The number of fused-ring (bicyclic) bond motifs is 2. The summed E-state index contributed by atoms with van der Waals surface area (Å²) in [5, 5.41) is 2.90. The summed E-state index contributed by atoms with van der Waals surface area (Å²) in [5.74, 6) is 0. The molecule has 0 fully saturated rings. The summed E-state index contributed by atoms with van der Waals surface area (Å²) in [4.78, 5) is -0.0938. The second-order valence-electron chi connectivity index (χ2n) is 18.7. The molecule has 6 nitrogen and oxygen atoms in total. The van der Waals surface area contributed by atoms with E-state index in [1.807, 2.05) is 24.3 Å². The van der Waals surface area contributed by atoms with Gasteiger partial charge in [-0.05, 0) is 119 Å². The van der Waals surface area contributed by atoms with Gasteiger partial charge >= 0.3 is 37.7 Å². The molecule has 9 heteroatoms. The smallest absolute Gasteiger partial charge is 0.744 e. The third-order valence-electron chi connectivity index (χ3n) is 12.9. The second-order valence-corrected chi connectivity index (χ2v) is 21.4. The van der Waals surface area contributed by atoms with Gasteiger partial charge in [-0.15, -0.1) is 0 Å². The molecule has 0 spiro atoms. The van der Waals surface area contributed by atoms with Crippen LogP contribution in [-0.4, -0.2) is 63.7 Å². The van der Waals surface area contributed by atoms with Crippen molar-refractivity contribution in [2.45, 2.75) is 243 Å². The number of hydrogen-bond acceptors (Lipinski definition) is 6. The van der Waals surface area contributed by atoms with Crippen molar-refractivity contribution in [3.05, 3.63) is 82.9 Å². The molecule has 65 heavy (non-hydrogen) atoms. The number of rotatable bonds is 34. The summed E-state index contributed by atoms with van der Waals surface area (Å²) in [6, 6.07) is 19.4. The Labute approximate surface area is 427 Å². The average Bonchev–Trinajstić information content (AvgIpc) is 3.27. The van der Waals surface area contributed by atoms with Crippen LogP contribution in [0.2, 0.25) is 0 Å². The Hall–Kier alpha value is -1.52. The van der Waals surface area contributed by atoms with Crippen LogP contribution in [0.25, 0.3) is 21.5 Å². The van der Waals surface area contributed by atoms with Crippen LogP contribution in [0.5, 0.6) is 0 Å². The Morgan fingerprint density at radius 1 is 0.323 bits per heavy atom. The average molecular weight is 960 g/mol. The topological polar surface area (TPSA) is 114 Å². The standard InChI is InChI=1S/2C28H44O3S.Ca/c2*1-3-5-7-9-11-13-15-17-24-19-20-26-21-25(18-16-14-12-10-8-6-4-2)23-28(27(26)22-24)32(29,30)31;/h2*19-23H,3-18H2,1-2H3,(H,29,30,31);/q;;+2/p-2. The van der Waals surface area contributed by atoms with E-state index in [4.69, 9.17) is 0 Å². The summed E-state index contributed by atoms with van der Waals surface area (Å²) in [6.45, 7) is 8.91. The maximum Gasteiger partial charge on any atom is 2.00 e. The maximum absolute atomic E-state index is 12.0. The minimum Gasteiger partial charge on any atom is -0.744 e. The third kappa shape index (κ3) is 24.6. The van der Waals surface area contributed by atoms with Crippen molar-refractivity contribution in [1.82, 2.24) is 0 Å².